The van der Waals surface area contributed by atoms with Gasteiger partial charge in [0.2, 0.25) is 0 Å². The fraction of sp³-hybridized carbons (Fsp3) is 0.372. The molecule has 2 aliphatic rings. The van der Waals surface area contributed by atoms with Crippen molar-refractivity contribution in [2.24, 2.45) is 0 Å². The summed E-state index contributed by atoms with van der Waals surface area (Å²) >= 11 is 12.7. The van der Waals surface area contributed by atoms with Crippen LogP contribution in [0.5, 0.6) is 0 Å². The summed E-state index contributed by atoms with van der Waals surface area (Å²) in [6.45, 7) is 4.73. The summed E-state index contributed by atoms with van der Waals surface area (Å²) in [7, 11) is -6.60. The van der Waals surface area contributed by atoms with Gasteiger partial charge in [-0.15, -0.1) is 11.8 Å². The molecule has 1 fully saturated rings. The van der Waals surface area contributed by atoms with Gasteiger partial charge in [-0.1, -0.05) is 47.5 Å². The van der Waals surface area contributed by atoms with E-state index in [0.29, 0.717) is 24.8 Å². The van der Waals surface area contributed by atoms with Crippen LogP contribution in [0.3, 0.4) is 0 Å². The van der Waals surface area contributed by atoms with E-state index in [1.807, 2.05) is 66.2 Å². The number of halogens is 4. The van der Waals surface area contributed by atoms with Gasteiger partial charge >= 0.3 is 4.71 Å². The molecular formula is C43H49Cl2F2N5O5S3. The molecule has 1 saturated heterocycles. The Bertz CT molecular complexity index is 2360. The molecule has 1 aliphatic carbocycles. The second-order valence-corrected chi connectivity index (χ2v) is 21.1. The van der Waals surface area contributed by atoms with E-state index < -0.39 is 46.3 Å². The number of sulfone groups is 1. The van der Waals surface area contributed by atoms with Crippen molar-refractivity contribution in [2.45, 2.75) is 57.5 Å². The van der Waals surface area contributed by atoms with Gasteiger partial charge in [-0.3, -0.25) is 9.69 Å². The van der Waals surface area contributed by atoms with E-state index in [1.54, 1.807) is 12.1 Å². The lowest BCUT2D eigenvalue weighted by molar-refractivity contribution is 0.0981. The predicted molar refractivity (Wildman–Crippen MR) is 239 cm³/mol. The molecule has 0 spiro atoms. The zero-order valence-corrected chi connectivity index (χ0v) is 37.4. The Morgan fingerprint density at radius 3 is 2.20 bits per heavy atom. The Hall–Kier alpha value is -3.70. The number of sulfonamides is 1. The monoisotopic (exact) mass is 919 g/mol. The number of carbonyl (C=O) groups is 1. The van der Waals surface area contributed by atoms with Crippen molar-refractivity contribution in [1.29, 1.82) is 0 Å². The van der Waals surface area contributed by atoms with E-state index in [1.165, 1.54) is 53.4 Å². The molecule has 1 aliphatic heterocycles. The maximum atomic E-state index is 14.5. The molecule has 0 unspecified atom stereocenters. The molecule has 0 radical (unpaired) electrons. The second kappa shape index (κ2) is 20.0. The van der Waals surface area contributed by atoms with Crippen LogP contribution >= 0.6 is 35.0 Å². The molecule has 1 atom stereocenters. The van der Waals surface area contributed by atoms with Crippen molar-refractivity contribution in [1.82, 2.24) is 14.5 Å². The van der Waals surface area contributed by atoms with E-state index in [9.17, 15) is 30.4 Å². The Balaban J connectivity index is 1.12. The number of hydrogen-bond donors (Lipinski definition) is 2. The first-order valence-electron chi connectivity index (χ1n) is 19.7. The molecule has 0 aromatic heterocycles. The number of anilines is 2. The number of carbonyl (C=O) groups excluding carboxylic acids is 1. The van der Waals surface area contributed by atoms with Crippen molar-refractivity contribution in [3.8, 4) is 0 Å². The molecule has 2 N–H and O–H groups in total. The summed E-state index contributed by atoms with van der Waals surface area (Å²) in [5.41, 5.74) is 4.79. The second-order valence-electron chi connectivity index (χ2n) is 15.2. The van der Waals surface area contributed by atoms with Gasteiger partial charge in [-0.05, 0) is 142 Å². The van der Waals surface area contributed by atoms with Crippen molar-refractivity contribution in [3.05, 3.63) is 119 Å². The minimum Gasteiger partial charge on any atom is -0.380 e. The third kappa shape index (κ3) is 11.8. The number of alkyl halides is 3. The van der Waals surface area contributed by atoms with E-state index in [-0.39, 0.29) is 11.3 Å². The molecular weight excluding hydrogens is 872 g/mol. The van der Waals surface area contributed by atoms with Crippen LogP contribution in [-0.2, 0) is 19.9 Å². The highest BCUT2D eigenvalue weighted by Crippen LogP contribution is 2.38. The molecule has 6 rings (SSSR count). The molecule has 1 heterocycles. The van der Waals surface area contributed by atoms with E-state index >= 15 is 0 Å². The number of thioether (sulfide) groups is 1. The topological polar surface area (TPSA) is 119 Å². The fourth-order valence-corrected chi connectivity index (χ4v) is 10.7. The van der Waals surface area contributed by atoms with Gasteiger partial charge in [0.1, 0.15) is 0 Å². The minimum atomic E-state index is -5.60. The highest BCUT2D eigenvalue weighted by Gasteiger charge is 2.46. The van der Waals surface area contributed by atoms with Crippen LogP contribution in [0.2, 0.25) is 5.02 Å². The molecule has 17 heteroatoms. The third-order valence-corrected chi connectivity index (χ3v) is 15.5. The average molecular weight is 921 g/mol. The van der Waals surface area contributed by atoms with Crippen LogP contribution in [0.15, 0.2) is 117 Å². The smallest absolute Gasteiger partial charge is 0.380 e. The summed E-state index contributed by atoms with van der Waals surface area (Å²) in [4.78, 5) is 19.1. The van der Waals surface area contributed by atoms with E-state index in [0.717, 1.165) is 73.3 Å². The molecule has 4 aromatic rings. The maximum absolute atomic E-state index is 14.5. The maximum Gasteiger partial charge on any atom is 0.427 e. The van der Waals surface area contributed by atoms with Crippen LogP contribution in [0.1, 0.15) is 48.0 Å². The van der Waals surface area contributed by atoms with Gasteiger partial charge in [-0.25, -0.2) is 21.6 Å². The van der Waals surface area contributed by atoms with Crippen molar-refractivity contribution in [2.75, 3.05) is 69.3 Å². The molecule has 0 saturated carbocycles. The number of rotatable bonds is 17. The Kier molecular flexibility index (Phi) is 15.3. The van der Waals surface area contributed by atoms with Gasteiger partial charge in [0.25, 0.3) is 25.8 Å². The summed E-state index contributed by atoms with van der Waals surface area (Å²) in [6, 6.07) is 26.4. The number of nitrogens with one attached hydrogen (secondary N) is 2. The minimum absolute atomic E-state index is 0.0398. The number of amides is 1. The molecule has 322 valence electrons. The first-order chi connectivity index (χ1) is 28.5. The standard InChI is InChI=1S/C43H49Cl2F2N5O5S3/c1-50(2)23-22-35(30-58-37-9-4-3-5-10-37)48-40-21-20-38(28-41(40)59(54,55)43(45,46)47)60(56,57)49-42(53)32-14-18-36(19-15-32)52-26-24-51(25-27-52)29-33-8-6-7-11-39(33)31-12-16-34(44)17-13-31/h3-5,9-10,12-21,28,35,48H,6-8,11,22-27,29-30H2,1-2H3,(H,49,53)/t35-/m1/s1. The lowest BCUT2D eigenvalue weighted by Gasteiger charge is -2.37. The number of benzene rings is 4. The molecule has 1 amide bonds. The molecule has 0 bridgehead atoms. The molecule has 60 heavy (non-hydrogen) atoms. The Morgan fingerprint density at radius 1 is 0.883 bits per heavy atom. The SMILES string of the molecule is CN(C)CC[C@H](CSc1ccccc1)Nc1ccc(S(=O)(=O)NC(=O)c2ccc(N3CCN(CC4=C(c5ccc(Cl)cc5)CCCC4)CC3)cc2)cc1S(=O)(=O)C(F)(F)Cl. The van der Waals surface area contributed by atoms with Gasteiger partial charge in [0.05, 0.1) is 15.5 Å². The van der Waals surface area contributed by atoms with Gasteiger partial charge in [-0.2, -0.15) is 8.78 Å². The zero-order chi connectivity index (χ0) is 43.1. The fourth-order valence-electron chi connectivity index (χ4n) is 7.32. The normalized spacial score (nSPS) is 16.2. The Morgan fingerprint density at radius 2 is 1.55 bits per heavy atom. The quantitative estimate of drug-likeness (QED) is 0.0787. The summed E-state index contributed by atoms with van der Waals surface area (Å²) in [5, 5.41) is 3.77. The highest BCUT2D eigenvalue weighted by molar-refractivity contribution is 7.99. The number of hydrogen-bond acceptors (Lipinski definition) is 10. The molecule has 10 nitrogen and oxygen atoms in total. The predicted octanol–water partition coefficient (Wildman–Crippen LogP) is 8.70. The van der Waals surface area contributed by atoms with Crippen LogP contribution in [0.4, 0.5) is 20.2 Å². The van der Waals surface area contributed by atoms with Gasteiger partial charge < -0.3 is 15.1 Å². The lowest BCUT2D eigenvalue weighted by Crippen LogP contribution is -2.47. The lowest BCUT2D eigenvalue weighted by atomic mass is 9.87. The first-order valence-corrected chi connectivity index (χ1v) is 24.4. The number of piperazine rings is 1. The van der Waals surface area contributed by atoms with Crippen molar-refractivity contribution in [3.63, 3.8) is 0 Å². The highest BCUT2D eigenvalue weighted by atomic mass is 35.5. The average Bonchev–Trinajstić information content (AvgIpc) is 3.22. The summed E-state index contributed by atoms with van der Waals surface area (Å²) < 4.78 is 79.4. The van der Waals surface area contributed by atoms with Crippen LogP contribution < -0.4 is 14.9 Å². The third-order valence-electron chi connectivity index (χ3n) is 10.6. The van der Waals surface area contributed by atoms with Crippen molar-refractivity contribution < 1.29 is 30.4 Å². The van der Waals surface area contributed by atoms with E-state index in [4.69, 9.17) is 23.2 Å². The number of allylic oxidation sites excluding steroid dienone is 1. The van der Waals surface area contributed by atoms with E-state index in [2.05, 4.69) is 27.2 Å². The van der Waals surface area contributed by atoms with Gasteiger partial charge in [0.15, 0.2) is 0 Å². The van der Waals surface area contributed by atoms with Gasteiger partial charge in [0, 0.05) is 65.7 Å². The van der Waals surface area contributed by atoms with Crippen molar-refractivity contribution >= 4 is 77.7 Å². The number of nitrogens with zero attached hydrogens (tertiary/aromatic N) is 3. The van der Waals surface area contributed by atoms with Crippen LogP contribution in [0, 0.1) is 0 Å². The van der Waals surface area contributed by atoms with Crippen LogP contribution in [-0.4, -0.2) is 102 Å². The summed E-state index contributed by atoms with van der Waals surface area (Å²) in [5.74, 6) is -0.537. The summed E-state index contributed by atoms with van der Waals surface area (Å²) in [6.07, 6.45) is 5.00. The molecule has 4 aromatic carbocycles. The first kappa shape index (κ1) is 45.8. The van der Waals surface area contributed by atoms with Crippen LogP contribution in [0.25, 0.3) is 5.57 Å². The zero-order valence-electron chi connectivity index (χ0n) is 33.4. The Labute approximate surface area is 366 Å². The largest absolute Gasteiger partial charge is 0.427 e.